The van der Waals surface area contributed by atoms with Crippen LogP contribution < -0.4 is 0 Å². The van der Waals surface area contributed by atoms with E-state index in [4.69, 9.17) is 4.74 Å². The summed E-state index contributed by atoms with van der Waals surface area (Å²) in [6.45, 7) is 12.1. The molecule has 0 saturated carbocycles. The van der Waals surface area contributed by atoms with Crippen LogP contribution in [0.3, 0.4) is 0 Å². The number of aliphatic carboxylic acids is 1. The predicted octanol–water partition coefficient (Wildman–Crippen LogP) is 6.15. The molecule has 0 fully saturated rings. The molecule has 1 N–H and O–H groups in total. The number of allylic oxidation sites excluding steroid dienone is 1. The van der Waals surface area contributed by atoms with Gasteiger partial charge in [-0.15, -0.1) is 0 Å². The number of aryl methyl sites for hydroxylation is 1. The van der Waals surface area contributed by atoms with Crippen LogP contribution in [0.1, 0.15) is 83.3 Å². The van der Waals surface area contributed by atoms with Crippen LogP contribution in [0.25, 0.3) is 0 Å². The van der Waals surface area contributed by atoms with E-state index in [1.54, 1.807) is 13.8 Å². The third kappa shape index (κ3) is 8.04. The van der Waals surface area contributed by atoms with Gasteiger partial charge >= 0.3 is 11.9 Å². The second kappa shape index (κ2) is 11.8. The second-order valence-corrected chi connectivity index (χ2v) is 8.65. The molecule has 0 aliphatic heterocycles. The summed E-state index contributed by atoms with van der Waals surface area (Å²) in [6, 6.07) is 8.76. The molecule has 29 heavy (non-hydrogen) atoms. The van der Waals surface area contributed by atoms with Gasteiger partial charge in [0.25, 0.3) is 0 Å². The van der Waals surface area contributed by atoms with Crippen LogP contribution in [0.2, 0.25) is 0 Å². The Morgan fingerprint density at radius 2 is 1.93 bits per heavy atom. The first-order valence-electron chi connectivity index (χ1n) is 10.7. The number of benzene rings is 1. The van der Waals surface area contributed by atoms with Crippen molar-refractivity contribution in [3.63, 3.8) is 0 Å². The fourth-order valence-corrected chi connectivity index (χ4v) is 3.72. The highest BCUT2D eigenvalue weighted by molar-refractivity contribution is 5.77. The van der Waals surface area contributed by atoms with E-state index < -0.39 is 17.3 Å². The van der Waals surface area contributed by atoms with Crippen LogP contribution >= 0.6 is 0 Å². The highest BCUT2D eigenvalue weighted by Gasteiger charge is 2.36. The first kappa shape index (κ1) is 24.9. The van der Waals surface area contributed by atoms with Crippen LogP contribution in [0.4, 0.5) is 0 Å². The van der Waals surface area contributed by atoms with Crippen LogP contribution in [0, 0.1) is 11.3 Å². The van der Waals surface area contributed by atoms with Gasteiger partial charge in [-0.1, -0.05) is 57.2 Å². The van der Waals surface area contributed by atoms with E-state index in [1.165, 1.54) is 18.2 Å². The monoisotopic (exact) mass is 402 g/mol. The molecule has 0 radical (unpaired) electrons. The molecule has 0 bridgehead atoms. The summed E-state index contributed by atoms with van der Waals surface area (Å²) in [5, 5.41) is 9.67. The van der Waals surface area contributed by atoms with E-state index in [0.29, 0.717) is 12.3 Å². The third-order valence-corrected chi connectivity index (χ3v) is 6.04. The van der Waals surface area contributed by atoms with Crippen molar-refractivity contribution >= 4 is 11.9 Å². The second-order valence-electron chi connectivity index (χ2n) is 8.65. The maximum Gasteiger partial charge on any atom is 0.309 e. The number of rotatable bonds is 13. The minimum atomic E-state index is -0.932. The van der Waals surface area contributed by atoms with Gasteiger partial charge in [-0.25, -0.2) is 0 Å². The standard InChI is InChI=1S/C25H38O4/c1-7-19(3)22-12-8-11-21(16-22)14-13-18(2)10-9-15-25(5,24(27)28)17-20(4)23(26)29-6/h8,11-12,16,19-20H,2,7,9-10,13-15,17H2,1,3-6H3,(H,27,28). The van der Waals surface area contributed by atoms with Crippen molar-refractivity contribution < 1.29 is 19.4 Å². The van der Waals surface area contributed by atoms with E-state index >= 15 is 0 Å². The van der Waals surface area contributed by atoms with Gasteiger partial charge < -0.3 is 9.84 Å². The first-order valence-corrected chi connectivity index (χ1v) is 10.7. The zero-order valence-electron chi connectivity index (χ0n) is 18.8. The van der Waals surface area contributed by atoms with Crippen molar-refractivity contribution in [2.24, 2.45) is 11.3 Å². The lowest BCUT2D eigenvalue weighted by Crippen LogP contribution is -2.32. The minimum absolute atomic E-state index is 0.282. The normalized spacial score (nSPS) is 15.2. The highest BCUT2D eigenvalue weighted by atomic mass is 16.5. The molecule has 0 heterocycles. The number of hydrogen-bond donors (Lipinski definition) is 1. The number of methoxy groups -OCH3 is 1. The molecule has 3 unspecified atom stereocenters. The Kier molecular flexibility index (Phi) is 10.1. The maximum atomic E-state index is 11.8. The molecule has 1 aromatic carbocycles. The van der Waals surface area contributed by atoms with E-state index in [9.17, 15) is 14.7 Å². The third-order valence-electron chi connectivity index (χ3n) is 6.04. The van der Waals surface area contributed by atoms with Gasteiger partial charge in [-0.2, -0.15) is 0 Å². The number of esters is 1. The average molecular weight is 403 g/mol. The fourth-order valence-electron chi connectivity index (χ4n) is 3.72. The van der Waals surface area contributed by atoms with Gasteiger partial charge in [0, 0.05) is 0 Å². The number of carboxylic acids is 1. The molecule has 0 spiro atoms. The van der Waals surface area contributed by atoms with Gasteiger partial charge in [0.15, 0.2) is 0 Å². The minimum Gasteiger partial charge on any atom is -0.481 e. The van der Waals surface area contributed by atoms with E-state index in [2.05, 4.69) is 44.7 Å². The van der Waals surface area contributed by atoms with E-state index in [0.717, 1.165) is 37.7 Å². The van der Waals surface area contributed by atoms with Gasteiger partial charge in [-0.05, 0) is 68.9 Å². The summed E-state index contributed by atoms with van der Waals surface area (Å²) in [7, 11) is 1.33. The molecule has 0 aliphatic carbocycles. The lowest BCUT2D eigenvalue weighted by atomic mass is 9.77. The van der Waals surface area contributed by atoms with Gasteiger partial charge in [0.2, 0.25) is 0 Å². The molecule has 0 saturated heterocycles. The van der Waals surface area contributed by atoms with Gasteiger partial charge in [-0.3, -0.25) is 9.59 Å². The molecular formula is C25H38O4. The maximum absolute atomic E-state index is 11.8. The number of hydrogen-bond acceptors (Lipinski definition) is 3. The molecule has 0 aromatic heterocycles. The molecule has 3 atom stereocenters. The van der Waals surface area contributed by atoms with Crippen molar-refractivity contribution in [2.45, 2.75) is 78.6 Å². The number of carbonyl (C=O) groups excluding carboxylic acids is 1. The van der Waals surface area contributed by atoms with Crippen molar-refractivity contribution in [1.82, 2.24) is 0 Å². The lowest BCUT2D eigenvalue weighted by molar-refractivity contribution is -0.152. The number of carboxylic acid groups (broad SMARTS) is 1. The topological polar surface area (TPSA) is 63.6 Å². The summed E-state index contributed by atoms with van der Waals surface area (Å²) in [5.74, 6) is -1.08. The molecular weight excluding hydrogens is 364 g/mol. The van der Waals surface area contributed by atoms with E-state index in [-0.39, 0.29) is 12.4 Å². The van der Waals surface area contributed by atoms with Crippen LogP contribution in [0.15, 0.2) is 36.4 Å². The summed E-state index contributed by atoms with van der Waals surface area (Å²) < 4.78 is 4.74. The molecule has 4 heteroatoms. The zero-order valence-corrected chi connectivity index (χ0v) is 18.8. The quantitative estimate of drug-likeness (QED) is 0.317. The lowest BCUT2D eigenvalue weighted by Gasteiger charge is -2.27. The Bertz CT molecular complexity index is 694. The van der Waals surface area contributed by atoms with Crippen molar-refractivity contribution in [3.8, 4) is 0 Å². The fraction of sp³-hybridized carbons (Fsp3) is 0.600. The Morgan fingerprint density at radius 3 is 2.52 bits per heavy atom. The van der Waals surface area contributed by atoms with Crippen molar-refractivity contribution in [3.05, 3.63) is 47.5 Å². The summed E-state index contributed by atoms with van der Waals surface area (Å²) in [6.07, 6.45) is 5.36. The molecule has 162 valence electrons. The Hall–Kier alpha value is -2.10. The Labute approximate surface area is 176 Å². The number of carbonyl (C=O) groups is 2. The molecule has 4 nitrogen and oxygen atoms in total. The van der Waals surface area contributed by atoms with E-state index in [1.807, 2.05) is 0 Å². The Balaban J connectivity index is 2.52. The smallest absolute Gasteiger partial charge is 0.309 e. The molecule has 0 amide bonds. The summed E-state index contributed by atoms with van der Waals surface area (Å²) in [5.41, 5.74) is 2.92. The van der Waals surface area contributed by atoms with Gasteiger partial charge in [0.05, 0.1) is 18.4 Å². The SMILES string of the molecule is C=C(CCCC(C)(CC(C)C(=O)OC)C(=O)O)CCc1cccc(C(C)CC)c1. The summed E-state index contributed by atoms with van der Waals surface area (Å²) >= 11 is 0. The molecule has 0 aliphatic rings. The molecule has 1 rings (SSSR count). The van der Waals surface area contributed by atoms with Crippen molar-refractivity contribution in [1.29, 1.82) is 0 Å². The van der Waals surface area contributed by atoms with Crippen molar-refractivity contribution in [2.75, 3.05) is 7.11 Å². The predicted molar refractivity (Wildman–Crippen MR) is 118 cm³/mol. The number of ether oxygens (including phenoxy) is 1. The van der Waals surface area contributed by atoms with Gasteiger partial charge in [0.1, 0.15) is 0 Å². The summed E-state index contributed by atoms with van der Waals surface area (Å²) in [4.78, 5) is 23.5. The Morgan fingerprint density at radius 1 is 1.24 bits per heavy atom. The first-order chi connectivity index (χ1) is 13.6. The largest absolute Gasteiger partial charge is 0.481 e. The van der Waals surface area contributed by atoms with Crippen LogP contribution in [0.5, 0.6) is 0 Å². The van der Waals surface area contributed by atoms with Crippen LogP contribution in [-0.4, -0.2) is 24.2 Å². The molecule has 1 aromatic rings. The van der Waals surface area contributed by atoms with Crippen LogP contribution in [-0.2, 0) is 20.7 Å². The highest BCUT2D eigenvalue weighted by Crippen LogP contribution is 2.33. The average Bonchev–Trinajstić information content (AvgIpc) is 2.70. The zero-order chi connectivity index (χ0) is 22.0.